The van der Waals surface area contributed by atoms with Gasteiger partial charge < -0.3 is 5.11 Å². The van der Waals surface area contributed by atoms with E-state index in [0.717, 1.165) is 12.8 Å². The van der Waals surface area contributed by atoms with Crippen molar-refractivity contribution >= 4 is 11.6 Å². The van der Waals surface area contributed by atoms with E-state index in [1.165, 1.54) is 32.1 Å². The van der Waals surface area contributed by atoms with Gasteiger partial charge in [-0.25, -0.2) is 0 Å². The van der Waals surface area contributed by atoms with Gasteiger partial charge >= 0.3 is 0 Å². The number of hydrogen-bond donors (Lipinski definition) is 1. The predicted octanol–water partition coefficient (Wildman–Crippen LogP) is 3.73. The highest BCUT2D eigenvalue weighted by Crippen LogP contribution is 2.21. The van der Waals surface area contributed by atoms with E-state index in [1.807, 2.05) is 6.92 Å². The molecule has 13 heavy (non-hydrogen) atoms. The summed E-state index contributed by atoms with van der Waals surface area (Å²) in [7, 11) is 0. The normalized spacial score (nSPS) is 15.7. The molecule has 0 bridgehead atoms. The van der Waals surface area contributed by atoms with Gasteiger partial charge in [-0.05, 0) is 13.3 Å². The monoisotopic (exact) mass is 206 g/mol. The second-order valence-electron chi connectivity index (χ2n) is 4.09. The van der Waals surface area contributed by atoms with Crippen molar-refractivity contribution in [1.29, 1.82) is 0 Å². The van der Waals surface area contributed by atoms with E-state index in [0.29, 0.717) is 0 Å². The first kappa shape index (κ1) is 13.2. The summed E-state index contributed by atoms with van der Waals surface area (Å²) >= 11 is 6.01. The molecule has 1 N–H and O–H groups in total. The number of aliphatic hydroxyl groups is 1. The molecule has 1 unspecified atom stereocenters. The first-order valence-electron chi connectivity index (χ1n) is 5.42. The molecular formula is C11H23ClO. The molecule has 80 valence electrons. The van der Waals surface area contributed by atoms with Crippen molar-refractivity contribution in [1.82, 2.24) is 0 Å². The average Bonchev–Trinajstić information content (AvgIpc) is 2.11. The zero-order valence-electron chi connectivity index (χ0n) is 8.98. The Labute approximate surface area is 87.5 Å². The smallest absolute Gasteiger partial charge is 0.0648 e. The fourth-order valence-electron chi connectivity index (χ4n) is 1.35. The van der Waals surface area contributed by atoms with E-state index in [2.05, 4.69) is 6.92 Å². The lowest BCUT2D eigenvalue weighted by Crippen LogP contribution is -2.21. The maximum atomic E-state index is 8.90. The van der Waals surface area contributed by atoms with Gasteiger partial charge in [0, 0.05) is 0 Å². The van der Waals surface area contributed by atoms with Crippen molar-refractivity contribution < 1.29 is 5.11 Å². The van der Waals surface area contributed by atoms with Crippen LogP contribution in [0.1, 0.15) is 58.8 Å². The van der Waals surface area contributed by atoms with Crippen LogP contribution in [0.5, 0.6) is 0 Å². The van der Waals surface area contributed by atoms with Crippen LogP contribution >= 0.6 is 11.6 Å². The maximum Gasteiger partial charge on any atom is 0.0648 e. The summed E-state index contributed by atoms with van der Waals surface area (Å²) in [6, 6.07) is 0. The van der Waals surface area contributed by atoms with Crippen molar-refractivity contribution in [3.05, 3.63) is 0 Å². The molecule has 0 aliphatic heterocycles. The first-order valence-corrected chi connectivity index (χ1v) is 5.80. The molecule has 0 saturated carbocycles. The van der Waals surface area contributed by atoms with Crippen LogP contribution in [0.4, 0.5) is 0 Å². The highest BCUT2D eigenvalue weighted by Gasteiger charge is 2.17. The molecule has 0 saturated heterocycles. The third-order valence-electron chi connectivity index (χ3n) is 2.38. The summed E-state index contributed by atoms with van der Waals surface area (Å²) in [6.07, 6.45) is 8.62. The van der Waals surface area contributed by atoms with Gasteiger partial charge in [-0.15, -0.1) is 11.6 Å². The van der Waals surface area contributed by atoms with Crippen molar-refractivity contribution in [2.24, 2.45) is 0 Å². The minimum absolute atomic E-state index is 0.0868. The van der Waals surface area contributed by atoms with Crippen LogP contribution < -0.4 is 0 Å². The highest BCUT2D eigenvalue weighted by molar-refractivity contribution is 6.23. The van der Waals surface area contributed by atoms with Gasteiger partial charge in [-0.2, -0.15) is 0 Å². The standard InChI is InChI=1S/C11H23ClO/c1-3-4-5-6-7-8-9-11(2,12)10-13/h13H,3-10H2,1-2H3. The Kier molecular flexibility index (Phi) is 7.78. The van der Waals surface area contributed by atoms with Gasteiger partial charge in [0.2, 0.25) is 0 Å². The lowest BCUT2D eigenvalue weighted by molar-refractivity contribution is 0.243. The van der Waals surface area contributed by atoms with Gasteiger partial charge in [0.25, 0.3) is 0 Å². The summed E-state index contributed by atoms with van der Waals surface area (Å²) in [5, 5.41) is 8.90. The number of unbranched alkanes of at least 4 members (excludes halogenated alkanes) is 5. The fourth-order valence-corrected chi connectivity index (χ4v) is 1.49. The summed E-state index contributed by atoms with van der Waals surface area (Å²) in [4.78, 5) is -0.384. The lowest BCUT2D eigenvalue weighted by Gasteiger charge is -2.18. The van der Waals surface area contributed by atoms with Crippen LogP contribution in [0.3, 0.4) is 0 Å². The summed E-state index contributed by atoms with van der Waals surface area (Å²) in [6.45, 7) is 4.21. The highest BCUT2D eigenvalue weighted by atomic mass is 35.5. The Morgan fingerprint density at radius 1 is 1.08 bits per heavy atom. The Hall–Kier alpha value is 0.250. The van der Waals surface area contributed by atoms with Crippen LogP contribution in [-0.4, -0.2) is 16.6 Å². The molecule has 0 aromatic heterocycles. The van der Waals surface area contributed by atoms with Crippen molar-refractivity contribution in [2.45, 2.75) is 63.7 Å². The van der Waals surface area contributed by atoms with Crippen molar-refractivity contribution in [3.63, 3.8) is 0 Å². The zero-order chi connectivity index (χ0) is 10.2. The van der Waals surface area contributed by atoms with Crippen LogP contribution in [-0.2, 0) is 0 Å². The van der Waals surface area contributed by atoms with E-state index in [-0.39, 0.29) is 11.5 Å². The molecule has 0 radical (unpaired) electrons. The van der Waals surface area contributed by atoms with Crippen LogP contribution in [0, 0.1) is 0 Å². The summed E-state index contributed by atoms with van der Waals surface area (Å²) in [5.41, 5.74) is 0. The van der Waals surface area contributed by atoms with Gasteiger partial charge in [-0.3, -0.25) is 0 Å². The summed E-state index contributed by atoms with van der Waals surface area (Å²) in [5.74, 6) is 0. The molecule has 2 heteroatoms. The number of hydrogen-bond acceptors (Lipinski definition) is 1. The van der Waals surface area contributed by atoms with Crippen LogP contribution in [0.25, 0.3) is 0 Å². The molecule has 0 spiro atoms. The van der Waals surface area contributed by atoms with Crippen LogP contribution in [0.15, 0.2) is 0 Å². The minimum atomic E-state index is -0.384. The molecule has 0 fully saturated rings. The molecule has 0 rings (SSSR count). The molecule has 1 nitrogen and oxygen atoms in total. The molecular weight excluding hydrogens is 184 g/mol. The SMILES string of the molecule is CCCCCCCCC(C)(Cl)CO. The van der Waals surface area contributed by atoms with E-state index in [4.69, 9.17) is 16.7 Å². The second-order valence-corrected chi connectivity index (χ2v) is 5.00. The van der Waals surface area contributed by atoms with Crippen molar-refractivity contribution in [3.8, 4) is 0 Å². The van der Waals surface area contributed by atoms with E-state index >= 15 is 0 Å². The second kappa shape index (κ2) is 7.64. The van der Waals surface area contributed by atoms with Gasteiger partial charge in [0.15, 0.2) is 0 Å². The molecule has 0 aromatic carbocycles. The van der Waals surface area contributed by atoms with Gasteiger partial charge in [0.1, 0.15) is 0 Å². The Bertz CT molecular complexity index is 113. The Balaban J connectivity index is 3.16. The molecule has 1 atom stereocenters. The van der Waals surface area contributed by atoms with E-state index in [1.54, 1.807) is 0 Å². The molecule has 0 aliphatic rings. The van der Waals surface area contributed by atoms with E-state index in [9.17, 15) is 0 Å². The van der Waals surface area contributed by atoms with E-state index < -0.39 is 0 Å². The largest absolute Gasteiger partial charge is 0.395 e. The zero-order valence-corrected chi connectivity index (χ0v) is 9.74. The number of aliphatic hydroxyl groups excluding tert-OH is 1. The van der Waals surface area contributed by atoms with Crippen molar-refractivity contribution in [2.75, 3.05) is 6.61 Å². The minimum Gasteiger partial charge on any atom is -0.395 e. The number of alkyl halides is 1. The Morgan fingerprint density at radius 2 is 1.62 bits per heavy atom. The average molecular weight is 207 g/mol. The first-order chi connectivity index (χ1) is 6.12. The topological polar surface area (TPSA) is 20.2 Å². The van der Waals surface area contributed by atoms with Gasteiger partial charge in [-0.1, -0.05) is 45.4 Å². The fraction of sp³-hybridized carbons (Fsp3) is 1.00. The molecule has 0 aromatic rings. The maximum absolute atomic E-state index is 8.90. The number of rotatable bonds is 8. The quantitative estimate of drug-likeness (QED) is 0.474. The lowest BCUT2D eigenvalue weighted by atomic mass is 10.0. The number of halogens is 1. The molecule has 0 amide bonds. The van der Waals surface area contributed by atoms with Crippen LogP contribution in [0.2, 0.25) is 0 Å². The predicted molar refractivity (Wildman–Crippen MR) is 59.3 cm³/mol. The molecule has 0 aliphatic carbocycles. The summed E-state index contributed by atoms with van der Waals surface area (Å²) < 4.78 is 0. The van der Waals surface area contributed by atoms with Gasteiger partial charge in [0.05, 0.1) is 11.5 Å². The molecule has 0 heterocycles. The Morgan fingerprint density at radius 3 is 2.15 bits per heavy atom. The third kappa shape index (κ3) is 8.58. The third-order valence-corrected chi connectivity index (χ3v) is 2.69.